The lowest BCUT2D eigenvalue weighted by atomic mass is 10.1. The predicted octanol–water partition coefficient (Wildman–Crippen LogP) is 2.94. The molecule has 130 valence electrons. The van der Waals surface area contributed by atoms with Gasteiger partial charge in [0.05, 0.1) is 11.4 Å². The van der Waals surface area contributed by atoms with E-state index in [9.17, 15) is 0 Å². The van der Waals surface area contributed by atoms with Crippen molar-refractivity contribution < 1.29 is 18.3 Å². The van der Waals surface area contributed by atoms with Gasteiger partial charge in [-0.1, -0.05) is 0 Å². The van der Waals surface area contributed by atoms with E-state index in [-0.39, 0.29) is 0 Å². The maximum Gasteiger partial charge on any atom is 0.180 e. The first-order valence-electron chi connectivity index (χ1n) is 8.13. The number of ether oxygens (including phenoxy) is 2. The molecule has 0 saturated carbocycles. The Bertz CT molecular complexity index is 779. The summed E-state index contributed by atoms with van der Waals surface area (Å²) in [5.41, 5.74) is 4.09. The molecule has 0 amide bonds. The highest BCUT2D eigenvalue weighted by atomic mass is 16.6. The Morgan fingerprint density at radius 1 is 0.880 bits per heavy atom. The summed E-state index contributed by atoms with van der Waals surface area (Å²) in [4.78, 5) is 10.7. The molecule has 0 unspecified atom stereocenters. The van der Waals surface area contributed by atoms with Gasteiger partial charge in [-0.2, -0.15) is 0 Å². The summed E-state index contributed by atoms with van der Waals surface area (Å²) in [7, 11) is 0. The van der Waals surface area contributed by atoms with Crippen molar-refractivity contribution in [2.45, 2.75) is 26.6 Å². The summed E-state index contributed by atoms with van der Waals surface area (Å²) in [6.07, 6.45) is 6.21. The minimum atomic E-state index is 0.580. The second-order valence-electron chi connectivity index (χ2n) is 6.03. The van der Waals surface area contributed by atoms with Gasteiger partial charge in [-0.05, 0) is 30.2 Å². The average molecular weight is 341 g/mol. The zero-order valence-electron chi connectivity index (χ0n) is 14.0. The van der Waals surface area contributed by atoms with Crippen molar-refractivity contribution in [3.05, 3.63) is 60.0 Å². The molecule has 7 nitrogen and oxygen atoms in total. The quantitative estimate of drug-likeness (QED) is 0.682. The highest BCUT2D eigenvalue weighted by Gasteiger charge is 2.17. The van der Waals surface area contributed by atoms with Crippen molar-refractivity contribution in [1.29, 1.82) is 0 Å². The van der Waals surface area contributed by atoms with E-state index in [1.807, 2.05) is 6.07 Å². The van der Waals surface area contributed by atoms with Crippen molar-refractivity contribution >= 4 is 0 Å². The Morgan fingerprint density at radius 3 is 2.04 bits per heavy atom. The van der Waals surface area contributed by atoms with Crippen LogP contribution in [0.2, 0.25) is 0 Å². The Balaban J connectivity index is 1.57. The maximum atomic E-state index is 5.71. The molecular weight excluding hydrogens is 322 g/mol. The van der Waals surface area contributed by atoms with Crippen LogP contribution in [0.25, 0.3) is 0 Å². The maximum absolute atomic E-state index is 5.71. The largest absolute Gasteiger partial charge is 0.486 e. The summed E-state index contributed by atoms with van der Waals surface area (Å²) in [5, 5.41) is 0. The van der Waals surface area contributed by atoms with Gasteiger partial charge in [-0.3, -0.25) is 4.90 Å². The molecule has 3 aromatic rings. The molecule has 0 radical (unpaired) electrons. The summed E-state index contributed by atoms with van der Waals surface area (Å²) >= 11 is 0. The van der Waals surface area contributed by atoms with Gasteiger partial charge in [0.2, 0.25) is 0 Å². The van der Waals surface area contributed by atoms with Crippen molar-refractivity contribution in [1.82, 2.24) is 14.9 Å². The normalized spacial score (nSPS) is 13.4. The third-order valence-electron chi connectivity index (χ3n) is 4.13. The summed E-state index contributed by atoms with van der Waals surface area (Å²) in [6, 6.07) is 4.09. The standard InChI is InChI=1S/C18H19N3O4/c1-13-4-17-18(25-3-2-24-17)5-14(13)6-21(7-15-9-22-11-19-15)8-16-10-23-12-20-16/h4-5,9-12H,2-3,6-8H2,1H3. The Morgan fingerprint density at radius 2 is 1.48 bits per heavy atom. The first-order valence-corrected chi connectivity index (χ1v) is 8.13. The van der Waals surface area contributed by atoms with Gasteiger partial charge < -0.3 is 18.3 Å². The fraction of sp³-hybridized carbons (Fsp3) is 0.333. The Labute approximate surface area is 145 Å². The zero-order chi connectivity index (χ0) is 17.1. The molecule has 0 saturated heterocycles. The van der Waals surface area contributed by atoms with Gasteiger partial charge >= 0.3 is 0 Å². The smallest absolute Gasteiger partial charge is 0.180 e. The van der Waals surface area contributed by atoms with Gasteiger partial charge in [0.15, 0.2) is 24.3 Å². The Hall–Kier alpha value is -2.80. The molecule has 0 aliphatic carbocycles. The minimum absolute atomic E-state index is 0.580. The first-order chi connectivity index (χ1) is 12.3. The second-order valence-corrected chi connectivity index (χ2v) is 6.03. The number of aryl methyl sites for hydroxylation is 1. The van der Waals surface area contributed by atoms with Gasteiger partial charge in [-0.15, -0.1) is 0 Å². The SMILES string of the molecule is Cc1cc2c(cc1CN(Cc1cocn1)Cc1cocn1)OCCO2. The van der Waals surface area contributed by atoms with E-state index in [0.717, 1.165) is 35.0 Å². The number of oxazole rings is 2. The summed E-state index contributed by atoms with van der Waals surface area (Å²) in [6.45, 7) is 5.28. The van der Waals surface area contributed by atoms with Crippen LogP contribution < -0.4 is 9.47 Å². The minimum Gasteiger partial charge on any atom is -0.486 e. The molecule has 4 rings (SSSR count). The molecule has 0 bridgehead atoms. The van der Waals surface area contributed by atoms with Crippen molar-refractivity contribution in [3.63, 3.8) is 0 Å². The Kier molecular flexibility index (Phi) is 4.39. The van der Waals surface area contributed by atoms with Crippen molar-refractivity contribution in [2.24, 2.45) is 0 Å². The van der Waals surface area contributed by atoms with Gasteiger partial charge in [0.25, 0.3) is 0 Å². The number of nitrogens with zero attached hydrogens (tertiary/aromatic N) is 3. The van der Waals surface area contributed by atoms with E-state index < -0.39 is 0 Å². The average Bonchev–Trinajstić information content (AvgIpc) is 3.29. The van der Waals surface area contributed by atoms with Crippen LogP contribution in [0.5, 0.6) is 11.5 Å². The fourth-order valence-corrected chi connectivity index (χ4v) is 2.90. The van der Waals surface area contributed by atoms with E-state index >= 15 is 0 Å². The number of aromatic nitrogens is 2. The lowest BCUT2D eigenvalue weighted by molar-refractivity contribution is 0.170. The first kappa shape index (κ1) is 15.7. The molecular formula is C18H19N3O4. The van der Waals surface area contributed by atoms with Crippen LogP contribution in [-0.4, -0.2) is 28.1 Å². The van der Waals surface area contributed by atoms with Crippen molar-refractivity contribution in [3.8, 4) is 11.5 Å². The molecule has 25 heavy (non-hydrogen) atoms. The van der Waals surface area contributed by atoms with Crippen LogP contribution in [0.3, 0.4) is 0 Å². The topological polar surface area (TPSA) is 73.8 Å². The highest BCUT2D eigenvalue weighted by molar-refractivity contribution is 5.47. The number of fused-ring (bicyclic) bond motifs is 1. The predicted molar refractivity (Wildman–Crippen MR) is 88.1 cm³/mol. The van der Waals surface area contributed by atoms with Gasteiger partial charge in [0.1, 0.15) is 25.7 Å². The molecule has 0 spiro atoms. The molecule has 3 heterocycles. The van der Waals surface area contributed by atoms with E-state index in [2.05, 4.69) is 27.9 Å². The lowest BCUT2D eigenvalue weighted by Crippen LogP contribution is -2.23. The monoisotopic (exact) mass is 341 g/mol. The molecule has 1 aliphatic rings. The molecule has 0 atom stereocenters. The summed E-state index contributed by atoms with van der Waals surface area (Å²) in [5.74, 6) is 1.61. The molecule has 0 N–H and O–H groups in total. The van der Waals surface area contributed by atoms with Crippen LogP contribution in [0.1, 0.15) is 22.5 Å². The molecule has 7 heteroatoms. The van der Waals surface area contributed by atoms with Crippen LogP contribution >= 0.6 is 0 Å². The molecule has 1 aromatic carbocycles. The number of hydrogen-bond acceptors (Lipinski definition) is 7. The van der Waals surface area contributed by atoms with E-state index in [0.29, 0.717) is 26.3 Å². The van der Waals surface area contributed by atoms with Crippen molar-refractivity contribution in [2.75, 3.05) is 13.2 Å². The molecule has 0 fully saturated rings. The van der Waals surface area contributed by atoms with E-state index in [4.69, 9.17) is 18.3 Å². The van der Waals surface area contributed by atoms with Crippen LogP contribution in [0.15, 0.2) is 46.3 Å². The third kappa shape index (κ3) is 3.66. The number of benzene rings is 1. The molecule has 2 aromatic heterocycles. The number of rotatable bonds is 6. The van der Waals surface area contributed by atoms with Crippen LogP contribution in [0, 0.1) is 6.92 Å². The zero-order valence-corrected chi connectivity index (χ0v) is 14.0. The van der Waals surface area contributed by atoms with Crippen LogP contribution in [0.4, 0.5) is 0 Å². The third-order valence-corrected chi connectivity index (χ3v) is 4.13. The van der Waals surface area contributed by atoms with Gasteiger partial charge in [-0.25, -0.2) is 9.97 Å². The molecule has 1 aliphatic heterocycles. The lowest BCUT2D eigenvalue weighted by Gasteiger charge is -2.24. The second kappa shape index (κ2) is 6.98. The fourth-order valence-electron chi connectivity index (χ4n) is 2.90. The number of hydrogen-bond donors (Lipinski definition) is 0. The highest BCUT2D eigenvalue weighted by Crippen LogP contribution is 2.33. The van der Waals surface area contributed by atoms with E-state index in [1.165, 1.54) is 18.4 Å². The van der Waals surface area contributed by atoms with E-state index in [1.54, 1.807) is 12.5 Å². The summed E-state index contributed by atoms with van der Waals surface area (Å²) < 4.78 is 21.5. The van der Waals surface area contributed by atoms with Gasteiger partial charge in [0, 0.05) is 19.6 Å². The van der Waals surface area contributed by atoms with Crippen LogP contribution in [-0.2, 0) is 19.6 Å².